The summed E-state index contributed by atoms with van der Waals surface area (Å²) in [5.74, 6) is 0.206. The third-order valence-electron chi connectivity index (χ3n) is 3.95. The predicted octanol–water partition coefficient (Wildman–Crippen LogP) is 2.22. The number of sulfonamides is 1. The highest BCUT2D eigenvalue weighted by Crippen LogP contribution is 2.31. The van der Waals surface area contributed by atoms with Crippen LogP contribution in [0.1, 0.15) is 6.92 Å². The Morgan fingerprint density at radius 1 is 1.17 bits per heavy atom. The number of hydrogen-bond donors (Lipinski definition) is 3. The van der Waals surface area contributed by atoms with Gasteiger partial charge in [-0.25, -0.2) is 8.42 Å². The average molecular weight is 477 g/mol. The second-order valence-corrected chi connectivity index (χ2v) is 8.78. The van der Waals surface area contributed by atoms with Crippen LogP contribution in [0.25, 0.3) is 0 Å². The molecule has 30 heavy (non-hydrogen) atoms. The number of aliphatic hydroxyl groups is 1. The summed E-state index contributed by atoms with van der Waals surface area (Å²) < 4.78 is 37.4. The minimum absolute atomic E-state index is 0.00483. The summed E-state index contributed by atoms with van der Waals surface area (Å²) in [4.78, 5) is 12.2. The lowest BCUT2D eigenvalue weighted by molar-refractivity contribution is -0.122. The lowest BCUT2D eigenvalue weighted by atomic mass is 10.3. The minimum atomic E-state index is -3.90. The smallest absolute Gasteiger partial charge is 0.241 e. The SMILES string of the molecule is COc1ccc(S(=O)(=O)N[C@@H](C)C(=O)NCC(O)COc2cccc(Cl)c2Cl)cc1. The van der Waals surface area contributed by atoms with Gasteiger partial charge in [0.1, 0.15) is 29.2 Å². The van der Waals surface area contributed by atoms with Crippen molar-refractivity contribution >= 4 is 39.1 Å². The number of nitrogens with one attached hydrogen (secondary N) is 2. The van der Waals surface area contributed by atoms with Gasteiger partial charge in [-0.1, -0.05) is 29.3 Å². The Bertz CT molecular complexity index is 969. The quantitative estimate of drug-likeness (QED) is 0.484. The monoisotopic (exact) mass is 476 g/mol. The molecule has 164 valence electrons. The van der Waals surface area contributed by atoms with Crippen LogP contribution in [0.2, 0.25) is 10.0 Å². The van der Waals surface area contributed by atoms with Crippen molar-refractivity contribution in [2.24, 2.45) is 0 Å². The second kappa shape index (κ2) is 10.8. The lowest BCUT2D eigenvalue weighted by Crippen LogP contribution is -2.47. The van der Waals surface area contributed by atoms with Crippen LogP contribution < -0.4 is 19.5 Å². The first-order valence-electron chi connectivity index (χ1n) is 8.83. The molecule has 1 amide bonds. The topological polar surface area (TPSA) is 114 Å². The predicted molar refractivity (Wildman–Crippen MR) is 114 cm³/mol. The molecule has 0 aliphatic heterocycles. The van der Waals surface area contributed by atoms with Crippen LogP contribution >= 0.6 is 23.2 Å². The number of halogens is 2. The number of benzene rings is 2. The van der Waals surface area contributed by atoms with E-state index in [0.29, 0.717) is 16.5 Å². The van der Waals surface area contributed by atoms with Crippen LogP contribution in [-0.4, -0.2) is 51.8 Å². The van der Waals surface area contributed by atoms with Crippen LogP contribution in [0.15, 0.2) is 47.4 Å². The van der Waals surface area contributed by atoms with Gasteiger partial charge in [0, 0.05) is 6.54 Å². The van der Waals surface area contributed by atoms with Crippen LogP contribution in [0, 0.1) is 0 Å². The summed E-state index contributed by atoms with van der Waals surface area (Å²) in [6.07, 6.45) is -1.05. The molecule has 0 fully saturated rings. The van der Waals surface area contributed by atoms with E-state index in [4.69, 9.17) is 32.7 Å². The molecule has 0 heterocycles. The third-order valence-corrected chi connectivity index (χ3v) is 6.31. The molecule has 0 saturated carbocycles. The number of amides is 1. The van der Waals surface area contributed by atoms with E-state index in [1.807, 2.05) is 0 Å². The molecule has 11 heteroatoms. The molecule has 0 aliphatic rings. The molecule has 0 radical (unpaired) electrons. The highest BCUT2D eigenvalue weighted by molar-refractivity contribution is 7.89. The fourth-order valence-corrected chi connectivity index (χ4v) is 3.87. The maximum Gasteiger partial charge on any atom is 0.241 e. The molecule has 8 nitrogen and oxygen atoms in total. The largest absolute Gasteiger partial charge is 0.497 e. The average Bonchev–Trinajstić information content (AvgIpc) is 2.72. The maximum atomic E-state index is 12.4. The molecule has 0 spiro atoms. The van der Waals surface area contributed by atoms with Crippen molar-refractivity contribution in [2.45, 2.75) is 24.0 Å². The number of ether oxygens (including phenoxy) is 2. The molecule has 0 bridgehead atoms. The molecule has 0 saturated heterocycles. The van der Waals surface area contributed by atoms with E-state index in [2.05, 4.69) is 10.0 Å². The van der Waals surface area contributed by atoms with E-state index in [1.165, 1.54) is 38.3 Å². The number of hydrogen-bond acceptors (Lipinski definition) is 6. The Balaban J connectivity index is 1.83. The third kappa shape index (κ3) is 6.75. The molecule has 3 N–H and O–H groups in total. The van der Waals surface area contributed by atoms with Crippen molar-refractivity contribution in [3.63, 3.8) is 0 Å². The van der Waals surface area contributed by atoms with Crippen LogP contribution in [-0.2, 0) is 14.8 Å². The van der Waals surface area contributed by atoms with Gasteiger partial charge in [-0.2, -0.15) is 4.72 Å². The zero-order chi connectivity index (χ0) is 22.3. The summed E-state index contributed by atoms with van der Waals surface area (Å²) in [6, 6.07) is 9.52. The zero-order valence-electron chi connectivity index (χ0n) is 16.3. The first-order valence-corrected chi connectivity index (χ1v) is 11.1. The summed E-state index contributed by atoms with van der Waals surface area (Å²) >= 11 is 11.9. The number of rotatable bonds is 10. The van der Waals surface area contributed by atoms with E-state index in [-0.39, 0.29) is 23.1 Å². The number of carbonyl (C=O) groups excluding carboxylic acids is 1. The summed E-state index contributed by atoms with van der Waals surface area (Å²) in [5.41, 5.74) is 0. The van der Waals surface area contributed by atoms with Crippen LogP contribution in [0.3, 0.4) is 0 Å². The maximum absolute atomic E-state index is 12.4. The van der Waals surface area contributed by atoms with E-state index < -0.39 is 28.1 Å². The van der Waals surface area contributed by atoms with Crippen molar-refractivity contribution in [3.05, 3.63) is 52.5 Å². The summed E-state index contributed by atoms with van der Waals surface area (Å²) in [5, 5.41) is 13.0. The Morgan fingerprint density at radius 3 is 2.47 bits per heavy atom. The Hall–Kier alpha value is -2.04. The van der Waals surface area contributed by atoms with Gasteiger partial charge < -0.3 is 19.9 Å². The molecule has 0 aromatic heterocycles. The standard InChI is InChI=1S/C19H22Cl2N2O6S/c1-12(23-30(26,27)15-8-6-14(28-2)7-9-15)19(25)22-10-13(24)11-29-17-5-3-4-16(20)18(17)21/h3-9,12-13,23-24H,10-11H2,1-2H3,(H,22,25)/t12-,13?/m0/s1. The molecule has 2 rings (SSSR count). The van der Waals surface area contributed by atoms with Gasteiger partial charge in [0.15, 0.2) is 0 Å². The highest BCUT2D eigenvalue weighted by Gasteiger charge is 2.22. The first-order chi connectivity index (χ1) is 14.1. The fourth-order valence-electron chi connectivity index (χ4n) is 2.32. The number of carbonyl (C=O) groups is 1. The van der Waals surface area contributed by atoms with Gasteiger partial charge in [0.25, 0.3) is 0 Å². The Labute approximate surface area is 185 Å². The van der Waals surface area contributed by atoms with Crippen LogP contribution in [0.4, 0.5) is 0 Å². The van der Waals surface area contributed by atoms with E-state index >= 15 is 0 Å². The summed E-state index contributed by atoms with van der Waals surface area (Å²) in [6.45, 7) is 1.10. The molecule has 1 unspecified atom stereocenters. The second-order valence-electron chi connectivity index (χ2n) is 6.28. The fraction of sp³-hybridized carbons (Fsp3) is 0.316. The zero-order valence-corrected chi connectivity index (χ0v) is 18.6. The van der Waals surface area contributed by atoms with E-state index in [0.717, 1.165) is 0 Å². The van der Waals surface area contributed by atoms with Gasteiger partial charge in [-0.3, -0.25) is 4.79 Å². The molecular formula is C19H22Cl2N2O6S. The Kier molecular flexibility index (Phi) is 8.75. The van der Waals surface area contributed by atoms with Gasteiger partial charge in [0.05, 0.1) is 23.1 Å². The van der Waals surface area contributed by atoms with E-state index in [9.17, 15) is 18.3 Å². The van der Waals surface area contributed by atoms with Gasteiger partial charge in [-0.15, -0.1) is 0 Å². The van der Waals surface area contributed by atoms with Crippen molar-refractivity contribution in [3.8, 4) is 11.5 Å². The van der Waals surface area contributed by atoms with Crippen molar-refractivity contribution in [1.29, 1.82) is 0 Å². The van der Waals surface area contributed by atoms with Crippen molar-refractivity contribution in [2.75, 3.05) is 20.3 Å². The minimum Gasteiger partial charge on any atom is -0.497 e. The number of aliphatic hydroxyl groups excluding tert-OH is 1. The Morgan fingerprint density at radius 2 is 1.83 bits per heavy atom. The molecule has 2 aromatic rings. The van der Waals surface area contributed by atoms with Crippen LogP contribution in [0.5, 0.6) is 11.5 Å². The number of methoxy groups -OCH3 is 1. The first kappa shape index (κ1) is 24.2. The normalized spacial score (nSPS) is 13.4. The van der Waals surface area contributed by atoms with Gasteiger partial charge in [-0.05, 0) is 43.3 Å². The molecular weight excluding hydrogens is 455 g/mol. The van der Waals surface area contributed by atoms with Crippen molar-refractivity contribution in [1.82, 2.24) is 10.0 Å². The summed E-state index contributed by atoms with van der Waals surface area (Å²) in [7, 11) is -2.43. The van der Waals surface area contributed by atoms with E-state index in [1.54, 1.807) is 18.2 Å². The van der Waals surface area contributed by atoms with Gasteiger partial charge >= 0.3 is 0 Å². The molecule has 2 aromatic carbocycles. The highest BCUT2D eigenvalue weighted by atomic mass is 35.5. The lowest BCUT2D eigenvalue weighted by Gasteiger charge is -2.17. The molecule has 0 aliphatic carbocycles. The van der Waals surface area contributed by atoms with Gasteiger partial charge in [0.2, 0.25) is 15.9 Å². The molecule has 2 atom stereocenters. The van der Waals surface area contributed by atoms with Crippen molar-refractivity contribution < 1.29 is 27.8 Å².